The van der Waals surface area contributed by atoms with Crippen LogP contribution >= 0.6 is 23.7 Å². The van der Waals surface area contributed by atoms with Crippen molar-refractivity contribution in [2.24, 2.45) is 0 Å². The summed E-state index contributed by atoms with van der Waals surface area (Å²) in [6, 6.07) is 14.0. The van der Waals surface area contributed by atoms with Crippen molar-refractivity contribution in [1.82, 2.24) is 9.88 Å². The lowest BCUT2D eigenvalue weighted by Crippen LogP contribution is -2.37. The van der Waals surface area contributed by atoms with Crippen LogP contribution in [0, 0.1) is 13.8 Å². The summed E-state index contributed by atoms with van der Waals surface area (Å²) in [4.78, 5) is 21.9. The van der Waals surface area contributed by atoms with E-state index < -0.39 is 0 Å². The topological polar surface area (TPSA) is 36.4 Å². The monoisotopic (exact) mass is 389 g/mol. The number of para-hydroxylation sites is 1. The molecule has 0 atom stereocenters. The van der Waals surface area contributed by atoms with Gasteiger partial charge in [-0.25, -0.2) is 4.98 Å². The molecule has 26 heavy (non-hydrogen) atoms. The summed E-state index contributed by atoms with van der Waals surface area (Å²) < 4.78 is 1.10. The molecule has 6 heteroatoms. The van der Waals surface area contributed by atoms with Crippen LogP contribution in [0.25, 0.3) is 10.2 Å². The molecule has 2 aromatic carbocycles. The van der Waals surface area contributed by atoms with Crippen LogP contribution in [0.15, 0.2) is 42.5 Å². The molecule has 0 aliphatic carbocycles. The Morgan fingerprint density at radius 1 is 1.08 bits per heavy atom. The van der Waals surface area contributed by atoms with Crippen molar-refractivity contribution in [2.45, 2.75) is 13.8 Å². The third-order valence-electron chi connectivity index (χ3n) is 4.15. The second-order valence-electron chi connectivity index (χ2n) is 6.54. The number of benzene rings is 2. The first-order chi connectivity index (χ1) is 12.0. The number of anilines is 1. The summed E-state index contributed by atoms with van der Waals surface area (Å²) >= 11 is 1.57. The van der Waals surface area contributed by atoms with Gasteiger partial charge in [-0.1, -0.05) is 41.2 Å². The van der Waals surface area contributed by atoms with Gasteiger partial charge in [0.2, 0.25) is 0 Å². The number of hydrogen-bond acceptors (Lipinski definition) is 4. The van der Waals surface area contributed by atoms with Crippen LogP contribution in [-0.4, -0.2) is 43.0 Å². The van der Waals surface area contributed by atoms with E-state index in [2.05, 4.69) is 4.90 Å². The molecule has 4 nitrogen and oxygen atoms in total. The fourth-order valence-corrected chi connectivity index (χ4v) is 3.66. The quantitative estimate of drug-likeness (QED) is 0.642. The molecule has 0 saturated carbocycles. The molecule has 0 bridgehead atoms. The molecular weight excluding hydrogens is 366 g/mol. The Hall–Kier alpha value is -1.95. The number of amides is 1. The van der Waals surface area contributed by atoms with Gasteiger partial charge in [-0.05, 0) is 51.7 Å². The Balaban J connectivity index is 0.00000243. The summed E-state index contributed by atoms with van der Waals surface area (Å²) in [5.41, 5.74) is 3.77. The summed E-state index contributed by atoms with van der Waals surface area (Å²) in [6.45, 7) is 5.39. The van der Waals surface area contributed by atoms with Gasteiger partial charge in [-0.3, -0.25) is 9.69 Å². The van der Waals surface area contributed by atoms with Crippen LogP contribution in [0.4, 0.5) is 5.13 Å². The van der Waals surface area contributed by atoms with Crippen LogP contribution in [0.1, 0.15) is 21.5 Å². The average Bonchev–Trinajstić information content (AvgIpc) is 3.00. The molecule has 0 fully saturated rings. The summed E-state index contributed by atoms with van der Waals surface area (Å²) in [6.07, 6.45) is 0. The number of aryl methyl sites for hydroxylation is 2. The number of carbonyl (C=O) groups is 1. The van der Waals surface area contributed by atoms with Gasteiger partial charge >= 0.3 is 0 Å². The van der Waals surface area contributed by atoms with Crippen molar-refractivity contribution >= 4 is 45.0 Å². The predicted molar refractivity (Wildman–Crippen MR) is 113 cm³/mol. The van der Waals surface area contributed by atoms with E-state index in [1.807, 2.05) is 75.3 Å². The summed E-state index contributed by atoms with van der Waals surface area (Å²) in [7, 11) is 4.03. The van der Waals surface area contributed by atoms with Crippen molar-refractivity contribution < 1.29 is 4.79 Å². The molecule has 0 aliphatic heterocycles. The highest BCUT2D eigenvalue weighted by molar-refractivity contribution is 7.22. The molecule has 0 saturated heterocycles. The molecule has 0 unspecified atom stereocenters. The molecule has 0 radical (unpaired) electrons. The standard InChI is InChI=1S/C20H23N3OS.ClH/c1-14-9-10-15(2)16(13-14)19(24)23(12-11-22(3)4)20-21-17-7-5-6-8-18(17)25-20;/h5-10,13H,11-12H2,1-4H3;1H. The first kappa shape index (κ1) is 20.4. The fourth-order valence-electron chi connectivity index (χ4n) is 2.67. The summed E-state index contributed by atoms with van der Waals surface area (Å²) in [5, 5.41) is 0.758. The van der Waals surface area contributed by atoms with Gasteiger partial charge in [0, 0.05) is 18.7 Å². The molecule has 0 spiro atoms. The molecule has 3 rings (SSSR count). The minimum absolute atomic E-state index is 0. The van der Waals surface area contributed by atoms with Crippen molar-refractivity contribution in [3.05, 3.63) is 59.2 Å². The average molecular weight is 390 g/mol. The second kappa shape index (κ2) is 8.62. The lowest BCUT2D eigenvalue weighted by Gasteiger charge is -2.23. The number of carbonyl (C=O) groups excluding carboxylic acids is 1. The largest absolute Gasteiger partial charge is 0.308 e. The van der Waals surface area contributed by atoms with Gasteiger partial charge < -0.3 is 4.90 Å². The van der Waals surface area contributed by atoms with Gasteiger partial charge in [0.25, 0.3) is 5.91 Å². The minimum atomic E-state index is 0. The molecular formula is C20H24ClN3OS. The highest BCUT2D eigenvalue weighted by Gasteiger charge is 2.22. The molecule has 0 aliphatic rings. The number of aromatic nitrogens is 1. The molecule has 0 N–H and O–H groups in total. The Morgan fingerprint density at radius 2 is 1.81 bits per heavy atom. The third kappa shape index (κ3) is 4.41. The van der Waals surface area contributed by atoms with Gasteiger partial charge in [0.15, 0.2) is 5.13 Å². The minimum Gasteiger partial charge on any atom is -0.308 e. The number of fused-ring (bicyclic) bond motifs is 1. The number of thiazole rings is 1. The van der Waals surface area contributed by atoms with Crippen molar-refractivity contribution in [3.8, 4) is 0 Å². The smallest absolute Gasteiger partial charge is 0.260 e. The molecule has 138 valence electrons. The maximum Gasteiger partial charge on any atom is 0.260 e. The SMILES string of the molecule is Cc1ccc(C)c(C(=O)N(CCN(C)C)c2nc3ccccc3s2)c1.Cl. The first-order valence-electron chi connectivity index (χ1n) is 8.35. The van der Waals surface area contributed by atoms with E-state index in [-0.39, 0.29) is 18.3 Å². The Morgan fingerprint density at radius 3 is 2.50 bits per heavy atom. The molecule has 1 amide bonds. The molecule has 1 aromatic heterocycles. The molecule has 1 heterocycles. The predicted octanol–water partition coefficient (Wildman–Crippen LogP) is 4.54. The van der Waals surface area contributed by atoms with E-state index in [1.165, 1.54) is 0 Å². The van der Waals surface area contributed by atoms with Crippen LogP contribution in [0.3, 0.4) is 0 Å². The van der Waals surface area contributed by atoms with Crippen LogP contribution in [0.2, 0.25) is 0 Å². The van der Waals surface area contributed by atoms with Crippen LogP contribution in [-0.2, 0) is 0 Å². The van der Waals surface area contributed by atoms with Crippen LogP contribution in [0.5, 0.6) is 0 Å². The first-order valence-corrected chi connectivity index (χ1v) is 9.17. The Bertz CT molecular complexity index is 874. The normalized spacial score (nSPS) is 10.8. The van der Waals surface area contributed by atoms with Crippen LogP contribution < -0.4 is 4.90 Å². The lowest BCUT2D eigenvalue weighted by atomic mass is 10.0. The van der Waals surface area contributed by atoms with Gasteiger partial charge in [-0.15, -0.1) is 12.4 Å². The van der Waals surface area contributed by atoms with E-state index in [4.69, 9.17) is 4.98 Å². The van der Waals surface area contributed by atoms with E-state index >= 15 is 0 Å². The number of likely N-dealkylation sites (N-methyl/N-ethyl adjacent to an activating group) is 1. The van der Waals surface area contributed by atoms with E-state index in [9.17, 15) is 4.79 Å². The zero-order valence-electron chi connectivity index (χ0n) is 15.5. The van der Waals surface area contributed by atoms with E-state index in [0.29, 0.717) is 6.54 Å². The molecule has 3 aromatic rings. The Labute approximate surface area is 164 Å². The lowest BCUT2D eigenvalue weighted by molar-refractivity contribution is 0.0984. The van der Waals surface area contributed by atoms with Crippen molar-refractivity contribution in [1.29, 1.82) is 0 Å². The Kier molecular flexibility index (Phi) is 6.75. The van der Waals surface area contributed by atoms with Gasteiger partial charge in [0.05, 0.1) is 10.2 Å². The van der Waals surface area contributed by atoms with Gasteiger partial charge in [-0.2, -0.15) is 0 Å². The number of nitrogens with zero attached hydrogens (tertiary/aromatic N) is 3. The summed E-state index contributed by atoms with van der Waals surface area (Å²) in [5.74, 6) is 0.0158. The maximum atomic E-state index is 13.3. The maximum absolute atomic E-state index is 13.3. The van der Waals surface area contributed by atoms with Crippen molar-refractivity contribution in [3.63, 3.8) is 0 Å². The number of rotatable bonds is 5. The van der Waals surface area contributed by atoms with E-state index in [0.717, 1.165) is 38.6 Å². The second-order valence-corrected chi connectivity index (χ2v) is 7.55. The zero-order chi connectivity index (χ0) is 18.0. The highest BCUT2D eigenvalue weighted by Crippen LogP contribution is 2.30. The highest BCUT2D eigenvalue weighted by atomic mass is 35.5. The third-order valence-corrected chi connectivity index (χ3v) is 5.21. The van der Waals surface area contributed by atoms with E-state index in [1.54, 1.807) is 11.3 Å². The fraction of sp³-hybridized carbons (Fsp3) is 0.300. The number of hydrogen-bond donors (Lipinski definition) is 0. The zero-order valence-corrected chi connectivity index (χ0v) is 17.2. The number of halogens is 1. The van der Waals surface area contributed by atoms with Crippen molar-refractivity contribution in [2.75, 3.05) is 32.1 Å². The van der Waals surface area contributed by atoms with Gasteiger partial charge in [0.1, 0.15) is 0 Å².